The molecule has 0 radical (unpaired) electrons. The first-order valence-corrected chi connectivity index (χ1v) is 8.48. The summed E-state index contributed by atoms with van der Waals surface area (Å²) in [6.45, 7) is 0. The SMILES string of the molecule is COC(=O)c1ccccc1NC(=O)c1csc(-c2ccsc2)n1. The standard InChI is InChI=1S/C16H12N2O3S2/c1-21-16(20)11-4-2-3-5-12(11)17-14(19)13-9-23-15(18-13)10-6-7-22-8-10/h2-9H,1H3,(H,17,19). The summed E-state index contributed by atoms with van der Waals surface area (Å²) in [6.07, 6.45) is 0. The number of thiazole rings is 1. The van der Waals surface area contributed by atoms with Crippen LogP contribution in [0.25, 0.3) is 10.6 Å². The van der Waals surface area contributed by atoms with Gasteiger partial charge in [-0.3, -0.25) is 4.79 Å². The second kappa shape index (κ2) is 6.72. The van der Waals surface area contributed by atoms with E-state index in [0.717, 1.165) is 10.6 Å². The van der Waals surface area contributed by atoms with Crippen molar-refractivity contribution in [1.29, 1.82) is 0 Å². The second-order valence-corrected chi connectivity index (χ2v) is 6.18. The van der Waals surface area contributed by atoms with Gasteiger partial charge in [0, 0.05) is 16.3 Å². The molecular weight excluding hydrogens is 332 g/mol. The van der Waals surface area contributed by atoms with Crippen molar-refractivity contribution in [3.63, 3.8) is 0 Å². The van der Waals surface area contributed by atoms with Gasteiger partial charge < -0.3 is 10.1 Å². The number of benzene rings is 1. The fourth-order valence-electron chi connectivity index (χ4n) is 1.96. The zero-order valence-corrected chi connectivity index (χ0v) is 13.7. The Morgan fingerprint density at radius 2 is 2.00 bits per heavy atom. The molecule has 0 saturated carbocycles. The van der Waals surface area contributed by atoms with Crippen LogP contribution in [0.5, 0.6) is 0 Å². The predicted molar refractivity (Wildman–Crippen MR) is 91.2 cm³/mol. The van der Waals surface area contributed by atoms with Crippen LogP contribution in [0.15, 0.2) is 46.5 Å². The van der Waals surface area contributed by atoms with Crippen molar-refractivity contribution in [2.45, 2.75) is 0 Å². The van der Waals surface area contributed by atoms with Gasteiger partial charge >= 0.3 is 5.97 Å². The number of amides is 1. The molecule has 3 rings (SSSR count). The summed E-state index contributed by atoms with van der Waals surface area (Å²) in [4.78, 5) is 28.4. The number of nitrogens with zero attached hydrogens (tertiary/aromatic N) is 1. The molecule has 0 atom stereocenters. The number of anilines is 1. The summed E-state index contributed by atoms with van der Waals surface area (Å²) < 4.78 is 4.71. The van der Waals surface area contributed by atoms with Crippen LogP contribution in [-0.2, 0) is 4.74 Å². The number of aromatic nitrogens is 1. The van der Waals surface area contributed by atoms with Crippen molar-refractivity contribution in [2.75, 3.05) is 12.4 Å². The molecule has 5 nitrogen and oxygen atoms in total. The van der Waals surface area contributed by atoms with Crippen LogP contribution in [0, 0.1) is 0 Å². The Balaban J connectivity index is 1.82. The average Bonchev–Trinajstić information content (AvgIpc) is 3.25. The smallest absolute Gasteiger partial charge is 0.339 e. The Bertz CT molecular complexity index is 841. The van der Waals surface area contributed by atoms with E-state index in [1.54, 1.807) is 41.0 Å². The van der Waals surface area contributed by atoms with E-state index in [0.29, 0.717) is 16.9 Å². The van der Waals surface area contributed by atoms with E-state index in [1.807, 2.05) is 16.8 Å². The van der Waals surface area contributed by atoms with E-state index in [-0.39, 0.29) is 5.91 Å². The molecule has 2 heterocycles. The molecule has 116 valence electrons. The number of para-hydroxylation sites is 1. The Hall–Kier alpha value is -2.51. The largest absolute Gasteiger partial charge is 0.465 e. The molecule has 0 saturated heterocycles. The number of hydrogen-bond donors (Lipinski definition) is 1. The average molecular weight is 344 g/mol. The monoisotopic (exact) mass is 344 g/mol. The zero-order valence-electron chi connectivity index (χ0n) is 12.1. The van der Waals surface area contributed by atoms with Gasteiger partial charge in [0.25, 0.3) is 5.91 Å². The summed E-state index contributed by atoms with van der Waals surface area (Å²) in [5.74, 6) is -0.864. The molecular formula is C16H12N2O3S2. The Kier molecular flexibility index (Phi) is 4.50. The minimum absolute atomic E-state index is 0.302. The number of methoxy groups -OCH3 is 1. The number of rotatable bonds is 4. The highest BCUT2D eigenvalue weighted by molar-refractivity contribution is 7.14. The first-order chi connectivity index (χ1) is 11.2. The number of thiophene rings is 1. The lowest BCUT2D eigenvalue weighted by molar-refractivity contribution is 0.0602. The molecule has 0 bridgehead atoms. The first-order valence-electron chi connectivity index (χ1n) is 6.66. The van der Waals surface area contributed by atoms with Gasteiger partial charge in [-0.25, -0.2) is 9.78 Å². The van der Waals surface area contributed by atoms with Gasteiger partial charge in [0.1, 0.15) is 10.7 Å². The molecule has 7 heteroatoms. The second-order valence-electron chi connectivity index (χ2n) is 4.54. The van der Waals surface area contributed by atoms with Crippen molar-refractivity contribution < 1.29 is 14.3 Å². The molecule has 23 heavy (non-hydrogen) atoms. The molecule has 0 fully saturated rings. The van der Waals surface area contributed by atoms with E-state index >= 15 is 0 Å². The Labute approximate surface area is 140 Å². The van der Waals surface area contributed by atoms with Crippen molar-refractivity contribution in [2.24, 2.45) is 0 Å². The molecule has 2 aromatic heterocycles. The van der Waals surface area contributed by atoms with E-state index in [1.165, 1.54) is 18.4 Å². The van der Waals surface area contributed by atoms with E-state index in [2.05, 4.69) is 10.3 Å². The topological polar surface area (TPSA) is 68.3 Å². The summed E-state index contributed by atoms with van der Waals surface area (Å²) >= 11 is 2.98. The van der Waals surface area contributed by atoms with Gasteiger partial charge in [0.2, 0.25) is 0 Å². The molecule has 0 spiro atoms. The summed E-state index contributed by atoms with van der Waals surface area (Å²) in [6, 6.07) is 8.65. The summed E-state index contributed by atoms with van der Waals surface area (Å²) in [5, 5.41) is 9.14. The van der Waals surface area contributed by atoms with Crippen LogP contribution < -0.4 is 5.32 Å². The van der Waals surface area contributed by atoms with E-state index in [9.17, 15) is 9.59 Å². The lowest BCUT2D eigenvalue weighted by Crippen LogP contribution is -2.15. The predicted octanol–water partition coefficient (Wildman–Crippen LogP) is 3.91. The van der Waals surface area contributed by atoms with Crippen LogP contribution in [0.2, 0.25) is 0 Å². The van der Waals surface area contributed by atoms with Gasteiger partial charge in [-0.1, -0.05) is 12.1 Å². The lowest BCUT2D eigenvalue weighted by atomic mass is 10.2. The van der Waals surface area contributed by atoms with E-state index in [4.69, 9.17) is 4.74 Å². The molecule has 0 aliphatic rings. The van der Waals surface area contributed by atoms with Gasteiger partial charge in [0.15, 0.2) is 0 Å². The fourth-order valence-corrected chi connectivity index (χ4v) is 3.48. The molecule has 1 N–H and O–H groups in total. The maximum Gasteiger partial charge on any atom is 0.339 e. The number of ether oxygens (including phenoxy) is 1. The van der Waals surface area contributed by atoms with Gasteiger partial charge in [0.05, 0.1) is 18.4 Å². The van der Waals surface area contributed by atoms with E-state index < -0.39 is 5.97 Å². The minimum Gasteiger partial charge on any atom is -0.465 e. The highest BCUT2D eigenvalue weighted by Gasteiger charge is 2.16. The molecule has 0 aliphatic carbocycles. The third-order valence-electron chi connectivity index (χ3n) is 3.09. The highest BCUT2D eigenvalue weighted by Crippen LogP contribution is 2.26. The molecule has 1 amide bonds. The number of esters is 1. The third-order valence-corrected chi connectivity index (χ3v) is 4.66. The van der Waals surface area contributed by atoms with Gasteiger partial charge in [-0.15, -0.1) is 11.3 Å². The highest BCUT2D eigenvalue weighted by atomic mass is 32.1. The van der Waals surface area contributed by atoms with Crippen LogP contribution in [-0.4, -0.2) is 24.0 Å². The molecule has 1 aromatic carbocycles. The lowest BCUT2D eigenvalue weighted by Gasteiger charge is -2.08. The summed E-state index contributed by atoms with van der Waals surface area (Å²) in [5.41, 5.74) is 2.01. The maximum atomic E-state index is 12.3. The quantitative estimate of drug-likeness (QED) is 0.729. The third kappa shape index (κ3) is 3.30. The van der Waals surface area contributed by atoms with Gasteiger partial charge in [-0.05, 0) is 23.6 Å². The normalized spacial score (nSPS) is 10.3. The summed E-state index contributed by atoms with van der Waals surface area (Å²) in [7, 11) is 1.30. The van der Waals surface area contributed by atoms with Crippen LogP contribution >= 0.6 is 22.7 Å². The van der Waals surface area contributed by atoms with Crippen LogP contribution in [0.1, 0.15) is 20.8 Å². The fraction of sp³-hybridized carbons (Fsp3) is 0.0625. The van der Waals surface area contributed by atoms with Crippen LogP contribution in [0.4, 0.5) is 5.69 Å². The van der Waals surface area contributed by atoms with Gasteiger partial charge in [-0.2, -0.15) is 11.3 Å². The molecule has 0 unspecified atom stereocenters. The van der Waals surface area contributed by atoms with Crippen molar-refractivity contribution >= 4 is 40.2 Å². The molecule has 0 aliphatic heterocycles. The minimum atomic E-state index is -0.502. The van der Waals surface area contributed by atoms with Crippen molar-refractivity contribution in [3.05, 3.63) is 57.7 Å². The van der Waals surface area contributed by atoms with Crippen molar-refractivity contribution in [1.82, 2.24) is 4.98 Å². The number of carbonyl (C=O) groups excluding carboxylic acids is 2. The number of hydrogen-bond acceptors (Lipinski definition) is 6. The number of nitrogens with one attached hydrogen (secondary N) is 1. The molecule has 3 aromatic rings. The van der Waals surface area contributed by atoms with Crippen molar-refractivity contribution in [3.8, 4) is 10.6 Å². The maximum absolute atomic E-state index is 12.3. The van der Waals surface area contributed by atoms with Crippen LogP contribution in [0.3, 0.4) is 0 Å². The Morgan fingerprint density at radius 1 is 1.17 bits per heavy atom. The first kappa shape index (κ1) is 15.4. The Morgan fingerprint density at radius 3 is 2.74 bits per heavy atom. The zero-order chi connectivity index (χ0) is 16.2. The number of carbonyl (C=O) groups is 2.